The van der Waals surface area contributed by atoms with Crippen LogP contribution in [0.5, 0.6) is 0 Å². The minimum Gasteiger partial charge on any atom is -0.480 e. The van der Waals surface area contributed by atoms with Gasteiger partial charge in [0.25, 0.3) is 0 Å². The van der Waals surface area contributed by atoms with E-state index in [4.69, 9.17) is 5.73 Å². The van der Waals surface area contributed by atoms with Crippen LogP contribution in [-0.2, 0) is 19.2 Å². The number of nitrogens with one attached hydrogen (secondary N) is 4. The molecule has 1 rings (SSSR count). The molecule has 11 nitrogen and oxygen atoms in total. The lowest BCUT2D eigenvalue weighted by Gasteiger charge is -2.24. The standard InChI is InChI=1S/C19H35N5O6S/c1-31-10-7-13(17(27)23-14(19(29)30)5-2-3-8-20)22-18(28)15(11-25)24-16(26)12-6-4-9-21-12/h12-15,21,25H,2-11,20H2,1H3,(H,22,28)(H,23,27)(H,24,26)(H,29,30). The largest absolute Gasteiger partial charge is 0.480 e. The van der Waals surface area contributed by atoms with E-state index in [1.165, 1.54) is 11.8 Å². The lowest BCUT2D eigenvalue weighted by atomic mass is 10.1. The molecule has 1 aliphatic rings. The van der Waals surface area contributed by atoms with E-state index in [2.05, 4.69) is 21.3 Å². The molecule has 0 aromatic rings. The number of hydrogen-bond acceptors (Lipinski definition) is 8. The number of hydrogen-bond donors (Lipinski definition) is 7. The van der Waals surface area contributed by atoms with Crippen LogP contribution in [-0.4, -0.2) is 89.8 Å². The Hall–Kier alpha value is -1.89. The summed E-state index contributed by atoms with van der Waals surface area (Å²) in [5.74, 6) is -2.33. The Kier molecular flexibility index (Phi) is 13.1. The van der Waals surface area contributed by atoms with E-state index in [1.807, 2.05) is 6.26 Å². The number of carboxylic acids is 1. The molecule has 0 radical (unpaired) electrons. The monoisotopic (exact) mass is 461 g/mol. The molecule has 31 heavy (non-hydrogen) atoms. The first-order valence-corrected chi connectivity index (χ1v) is 11.9. The quantitative estimate of drug-likeness (QED) is 0.138. The molecule has 1 heterocycles. The number of carboxylic acid groups (broad SMARTS) is 1. The highest BCUT2D eigenvalue weighted by molar-refractivity contribution is 7.98. The molecule has 0 aromatic carbocycles. The number of aliphatic hydroxyl groups is 1. The summed E-state index contributed by atoms with van der Waals surface area (Å²) < 4.78 is 0. The third kappa shape index (κ3) is 9.85. The van der Waals surface area contributed by atoms with Crippen LogP contribution in [0.2, 0.25) is 0 Å². The van der Waals surface area contributed by atoms with Crippen molar-refractivity contribution >= 4 is 35.5 Å². The van der Waals surface area contributed by atoms with E-state index in [9.17, 15) is 29.4 Å². The minimum atomic E-state index is -1.21. The van der Waals surface area contributed by atoms with Crippen LogP contribution in [0, 0.1) is 0 Å². The maximum absolute atomic E-state index is 12.7. The number of nitrogens with two attached hydrogens (primary N) is 1. The lowest BCUT2D eigenvalue weighted by Crippen LogP contribution is -2.58. The molecule has 0 aliphatic carbocycles. The van der Waals surface area contributed by atoms with Crippen molar-refractivity contribution in [1.29, 1.82) is 0 Å². The molecule has 4 atom stereocenters. The summed E-state index contributed by atoms with van der Waals surface area (Å²) in [6.07, 6.45) is 5.01. The zero-order chi connectivity index (χ0) is 23.2. The van der Waals surface area contributed by atoms with Gasteiger partial charge in [0, 0.05) is 0 Å². The molecule has 0 bridgehead atoms. The first kappa shape index (κ1) is 27.1. The predicted molar refractivity (Wildman–Crippen MR) is 117 cm³/mol. The Morgan fingerprint density at radius 2 is 1.74 bits per heavy atom. The van der Waals surface area contributed by atoms with Crippen LogP contribution in [0.15, 0.2) is 0 Å². The van der Waals surface area contributed by atoms with Crippen LogP contribution in [0.4, 0.5) is 0 Å². The van der Waals surface area contributed by atoms with Crippen LogP contribution in [0.25, 0.3) is 0 Å². The van der Waals surface area contributed by atoms with Crippen LogP contribution < -0.4 is 27.0 Å². The van der Waals surface area contributed by atoms with Crippen LogP contribution in [0.3, 0.4) is 0 Å². The maximum Gasteiger partial charge on any atom is 0.326 e. The summed E-state index contributed by atoms with van der Waals surface area (Å²) in [6, 6.07) is -3.71. The van der Waals surface area contributed by atoms with Gasteiger partial charge in [-0.15, -0.1) is 0 Å². The van der Waals surface area contributed by atoms with Gasteiger partial charge in [0.1, 0.15) is 18.1 Å². The molecule has 12 heteroatoms. The minimum absolute atomic E-state index is 0.227. The van der Waals surface area contributed by atoms with Crippen LogP contribution >= 0.6 is 11.8 Å². The number of rotatable bonds is 15. The normalized spacial score (nSPS) is 18.6. The predicted octanol–water partition coefficient (Wildman–Crippen LogP) is -1.85. The molecule has 0 saturated carbocycles. The van der Waals surface area contributed by atoms with Gasteiger partial charge in [0.05, 0.1) is 12.6 Å². The third-order valence-corrected chi connectivity index (χ3v) is 5.64. The number of aliphatic carboxylic acids is 1. The van der Waals surface area contributed by atoms with Gasteiger partial charge in [-0.25, -0.2) is 4.79 Å². The van der Waals surface area contributed by atoms with Gasteiger partial charge in [0.2, 0.25) is 17.7 Å². The van der Waals surface area contributed by atoms with Crippen molar-refractivity contribution in [3.05, 3.63) is 0 Å². The maximum atomic E-state index is 12.7. The Balaban J connectivity index is 2.74. The lowest BCUT2D eigenvalue weighted by molar-refractivity contribution is -0.142. The number of aliphatic hydroxyl groups excluding tert-OH is 1. The number of thioether (sulfide) groups is 1. The molecule has 0 aromatic heterocycles. The molecule has 178 valence electrons. The first-order valence-electron chi connectivity index (χ1n) is 10.5. The fourth-order valence-electron chi connectivity index (χ4n) is 3.17. The van der Waals surface area contributed by atoms with Gasteiger partial charge >= 0.3 is 5.97 Å². The van der Waals surface area contributed by atoms with Gasteiger partial charge in [-0.1, -0.05) is 0 Å². The topological polar surface area (TPSA) is 183 Å². The number of carbonyl (C=O) groups excluding carboxylic acids is 3. The Morgan fingerprint density at radius 3 is 2.29 bits per heavy atom. The Labute approximate surface area is 186 Å². The number of amides is 3. The highest BCUT2D eigenvalue weighted by atomic mass is 32.2. The zero-order valence-corrected chi connectivity index (χ0v) is 18.7. The van der Waals surface area contributed by atoms with Gasteiger partial charge in [-0.05, 0) is 63.6 Å². The summed E-state index contributed by atoms with van der Waals surface area (Å²) in [7, 11) is 0. The van der Waals surface area contributed by atoms with Crippen LogP contribution in [0.1, 0.15) is 38.5 Å². The average molecular weight is 462 g/mol. The SMILES string of the molecule is CSCCC(NC(=O)C(CO)NC(=O)C1CCCN1)C(=O)NC(CCCCN)C(=O)O. The summed E-state index contributed by atoms with van der Waals surface area (Å²) in [5.41, 5.74) is 5.43. The molecule has 3 amide bonds. The first-order chi connectivity index (χ1) is 14.8. The summed E-state index contributed by atoms with van der Waals surface area (Å²) >= 11 is 1.47. The smallest absolute Gasteiger partial charge is 0.326 e. The molecular formula is C19H35N5O6S. The molecular weight excluding hydrogens is 426 g/mol. The Morgan fingerprint density at radius 1 is 1.06 bits per heavy atom. The van der Waals surface area contributed by atoms with Crippen molar-refractivity contribution in [3.8, 4) is 0 Å². The summed E-state index contributed by atoms with van der Waals surface area (Å²) in [6.45, 7) is 0.510. The van der Waals surface area contributed by atoms with E-state index >= 15 is 0 Å². The summed E-state index contributed by atoms with van der Waals surface area (Å²) in [5, 5.41) is 29.4. The van der Waals surface area contributed by atoms with E-state index in [1.54, 1.807) is 0 Å². The Bertz CT molecular complexity index is 602. The highest BCUT2D eigenvalue weighted by Gasteiger charge is 2.30. The third-order valence-electron chi connectivity index (χ3n) is 5.00. The second-order valence-electron chi connectivity index (χ2n) is 7.42. The fourth-order valence-corrected chi connectivity index (χ4v) is 3.65. The van der Waals surface area contributed by atoms with Gasteiger partial charge in [0.15, 0.2) is 0 Å². The van der Waals surface area contributed by atoms with E-state index < -0.39 is 48.6 Å². The molecule has 0 spiro atoms. The van der Waals surface area contributed by atoms with Crippen molar-refractivity contribution in [1.82, 2.24) is 21.3 Å². The number of unbranched alkanes of at least 4 members (excludes halogenated alkanes) is 1. The van der Waals surface area contributed by atoms with E-state index in [0.29, 0.717) is 38.1 Å². The molecule has 1 fully saturated rings. The number of carbonyl (C=O) groups is 4. The van der Waals surface area contributed by atoms with E-state index in [0.717, 1.165) is 6.42 Å². The second kappa shape index (κ2) is 15.0. The van der Waals surface area contributed by atoms with Crippen molar-refractivity contribution in [3.63, 3.8) is 0 Å². The molecule has 4 unspecified atom stereocenters. The van der Waals surface area contributed by atoms with Crippen molar-refractivity contribution < 1.29 is 29.4 Å². The molecule has 1 saturated heterocycles. The van der Waals surface area contributed by atoms with Gasteiger partial charge < -0.3 is 37.2 Å². The molecule has 1 aliphatic heterocycles. The van der Waals surface area contributed by atoms with Gasteiger partial charge in [-0.2, -0.15) is 11.8 Å². The zero-order valence-electron chi connectivity index (χ0n) is 17.9. The average Bonchev–Trinajstić information content (AvgIpc) is 3.28. The highest BCUT2D eigenvalue weighted by Crippen LogP contribution is 2.07. The van der Waals surface area contributed by atoms with Gasteiger partial charge in [-0.3, -0.25) is 14.4 Å². The van der Waals surface area contributed by atoms with Crippen molar-refractivity contribution in [2.45, 2.75) is 62.7 Å². The second-order valence-corrected chi connectivity index (χ2v) is 8.40. The van der Waals surface area contributed by atoms with E-state index in [-0.39, 0.29) is 18.7 Å². The fraction of sp³-hybridized carbons (Fsp3) is 0.789. The van der Waals surface area contributed by atoms with Crippen molar-refractivity contribution in [2.75, 3.05) is 31.7 Å². The van der Waals surface area contributed by atoms with Crippen molar-refractivity contribution in [2.24, 2.45) is 5.73 Å². The molecule has 8 N–H and O–H groups in total. The summed E-state index contributed by atoms with van der Waals surface area (Å²) in [4.78, 5) is 49.0.